The van der Waals surface area contributed by atoms with Crippen LogP contribution in [0.15, 0.2) is 59.7 Å². The third-order valence-electron chi connectivity index (χ3n) is 4.27. The Morgan fingerprint density at radius 1 is 1.18 bits per heavy atom. The van der Waals surface area contributed by atoms with Crippen LogP contribution in [-0.4, -0.2) is 26.7 Å². The van der Waals surface area contributed by atoms with Gasteiger partial charge in [0.1, 0.15) is 5.75 Å². The Hall–Kier alpha value is -3.94. The summed E-state index contributed by atoms with van der Waals surface area (Å²) in [6.45, 7) is 3.76. The zero-order valence-electron chi connectivity index (χ0n) is 15.3. The Balaban J connectivity index is 1.81. The van der Waals surface area contributed by atoms with E-state index in [-0.39, 0.29) is 11.4 Å². The first kappa shape index (κ1) is 18.8. The highest BCUT2D eigenvalue weighted by Gasteiger charge is 2.13. The number of aryl methyl sites for hydroxylation is 1. The van der Waals surface area contributed by atoms with Crippen LogP contribution in [0.1, 0.15) is 27.3 Å². The van der Waals surface area contributed by atoms with E-state index in [1.165, 1.54) is 42.6 Å². The van der Waals surface area contributed by atoms with Gasteiger partial charge < -0.3 is 9.67 Å². The molecule has 0 saturated heterocycles. The number of nitro groups is 1. The van der Waals surface area contributed by atoms with Gasteiger partial charge in [0, 0.05) is 34.6 Å². The standard InChI is InChI=1S/C20H18N4O4/c1-13-10-16(12-21-22-20(26)15-6-8-19(25)9-7-15)14(2)23(13)17-4-3-5-18(11-17)24(27)28/h3-12,25H,1-2H3,(H,22,26)/b21-12-. The summed E-state index contributed by atoms with van der Waals surface area (Å²) in [5.74, 6) is -0.322. The predicted octanol–water partition coefficient (Wildman–Crippen LogP) is 3.47. The first-order valence-corrected chi connectivity index (χ1v) is 8.43. The van der Waals surface area contributed by atoms with Crippen LogP contribution in [0.4, 0.5) is 5.69 Å². The highest BCUT2D eigenvalue weighted by atomic mass is 16.6. The number of phenols is 1. The van der Waals surface area contributed by atoms with E-state index in [0.717, 1.165) is 17.0 Å². The maximum Gasteiger partial charge on any atom is 0.271 e. The van der Waals surface area contributed by atoms with Crippen molar-refractivity contribution in [2.45, 2.75) is 13.8 Å². The maximum absolute atomic E-state index is 12.1. The number of carbonyl (C=O) groups is 1. The van der Waals surface area contributed by atoms with Crippen LogP contribution >= 0.6 is 0 Å². The predicted molar refractivity (Wildman–Crippen MR) is 105 cm³/mol. The number of nitrogens with zero attached hydrogens (tertiary/aromatic N) is 3. The lowest BCUT2D eigenvalue weighted by Crippen LogP contribution is -2.17. The molecular weight excluding hydrogens is 360 g/mol. The van der Waals surface area contributed by atoms with E-state index in [2.05, 4.69) is 10.5 Å². The Kier molecular flexibility index (Phi) is 5.21. The van der Waals surface area contributed by atoms with E-state index in [1.54, 1.807) is 12.1 Å². The second kappa shape index (κ2) is 7.75. The highest BCUT2D eigenvalue weighted by Crippen LogP contribution is 2.23. The third-order valence-corrected chi connectivity index (χ3v) is 4.27. The van der Waals surface area contributed by atoms with Crippen LogP contribution in [0.5, 0.6) is 5.75 Å². The molecule has 28 heavy (non-hydrogen) atoms. The summed E-state index contributed by atoms with van der Waals surface area (Å²) in [5.41, 5.74) is 5.99. The molecule has 0 aliphatic rings. The number of nitrogens with one attached hydrogen (secondary N) is 1. The second-order valence-corrected chi connectivity index (χ2v) is 6.18. The fourth-order valence-corrected chi connectivity index (χ4v) is 2.90. The van der Waals surface area contributed by atoms with Gasteiger partial charge in [-0.1, -0.05) is 6.07 Å². The number of aromatic nitrogens is 1. The molecule has 3 rings (SSSR count). The Morgan fingerprint density at radius 3 is 2.57 bits per heavy atom. The lowest BCUT2D eigenvalue weighted by Gasteiger charge is -2.09. The smallest absolute Gasteiger partial charge is 0.271 e. The van der Waals surface area contributed by atoms with Gasteiger partial charge in [-0.3, -0.25) is 14.9 Å². The number of non-ortho nitro benzene ring substituents is 1. The number of nitro benzene ring substituents is 1. The van der Waals surface area contributed by atoms with E-state index >= 15 is 0 Å². The van der Waals surface area contributed by atoms with Crippen LogP contribution in [0, 0.1) is 24.0 Å². The summed E-state index contributed by atoms with van der Waals surface area (Å²) in [5, 5.41) is 24.3. The van der Waals surface area contributed by atoms with Gasteiger partial charge in [-0.2, -0.15) is 5.10 Å². The molecule has 0 atom stereocenters. The summed E-state index contributed by atoms with van der Waals surface area (Å²) >= 11 is 0. The van der Waals surface area contributed by atoms with Gasteiger partial charge >= 0.3 is 0 Å². The topological polar surface area (TPSA) is 110 Å². The molecule has 0 radical (unpaired) electrons. The zero-order valence-corrected chi connectivity index (χ0v) is 15.3. The fourth-order valence-electron chi connectivity index (χ4n) is 2.90. The van der Waals surface area contributed by atoms with Crippen molar-refractivity contribution < 1.29 is 14.8 Å². The molecule has 8 heteroatoms. The summed E-state index contributed by atoms with van der Waals surface area (Å²) in [4.78, 5) is 22.6. The molecule has 0 spiro atoms. The van der Waals surface area contributed by atoms with E-state index < -0.39 is 10.8 Å². The van der Waals surface area contributed by atoms with Crippen LogP contribution in [0.25, 0.3) is 5.69 Å². The normalized spacial score (nSPS) is 10.9. The number of phenolic OH excluding ortho intramolecular Hbond substituents is 1. The third kappa shape index (κ3) is 3.90. The van der Waals surface area contributed by atoms with Crippen molar-refractivity contribution in [2.24, 2.45) is 5.10 Å². The van der Waals surface area contributed by atoms with Gasteiger partial charge in [0.2, 0.25) is 0 Å². The SMILES string of the molecule is Cc1cc(/C=N\NC(=O)c2ccc(O)cc2)c(C)n1-c1cccc([N+](=O)[O-])c1. The number of amides is 1. The minimum absolute atomic E-state index is 0.0152. The molecule has 0 fully saturated rings. The molecule has 2 N–H and O–H groups in total. The lowest BCUT2D eigenvalue weighted by molar-refractivity contribution is -0.384. The van der Waals surface area contributed by atoms with Gasteiger partial charge in [0.15, 0.2) is 0 Å². The van der Waals surface area contributed by atoms with Gasteiger partial charge in [-0.05, 0) is 50.2 Å². The van der Waals surface area contributed by atoms with E-state index in [1.807, 2.05) is 24.5 Å². The fraction of sp³-hybridized carbons (Fsp3) is 0.100. The molecule has 1 aromatic heterocycles. The molecule has 2 aromatic carbocycles. The van der Waals surface area contributed by atoms with Crippen LogP contribution in [0.2, 0.25) is 0 Å². The highest BCUT2D eigenvalue weighted by molar-refractivity contribution is 5.95. The van der Waals surface area contributed by atoms with Crippen molar-refractivity contribution in [3.63, 3.8) is 0 Å². The largest absolute Gasteiger partial charge is 0.508 e. The number of carbonyl (C=O) groups excluding carboxylic acids is 1. The van der Waals surface area contributed by atoms with Crippen molar-refractivity contribution in [2.75, 3.05) is 0 Å². The number of rotatable bonds is 5. The van der Waals surface area contributed by atoms with Crippen molar-refractivity contribution in [1.29, 1.82) is 0 Å². The summed E-state index contributed by atoms with van der Waals surface area (Å²) in [7, 11) is 0. The molecule has 0 bridgehead atoms. The van der Waals surface area contributed by atoms with E-state index in [0.29, 0.717) is 11.3 Å². The van der Waals surface area contributed by atoms with Crippen LogP contribution in [-0.2, 0) is 0 Å². The average Bonchev–Trinajstić information content (AvgIpc) is 2.95. The van der Waals surface area contributed by atoms with E-state index in [4.69, 9.17) is 0 Å². The Labute approximate surface area is 160 Å². The number of hydrogen-bond donors (Lipinski definition) is 2. The van der Waals surface area contributed by atoms with Crippen LogP contribution < -0.4 is 5.43 Å². The van der Waals surface area contributed by atoms with Gasteiger partial charge in [0.05, 0.1) is 16.8 Å². The van der Waals surface area contributed by atoms with Gasteiger partial charge in [-0.15, -0.1) is 0 Å². The summed E-state index contributed by atoms with van der Waals surface area (Å²) in [6.07, 6.45) is 1.52. The molecular formula is C20H18N4O4. The minimum Gasteiger partial charge on any atom is -0.508 e. The molecule has 142 valence electrons. The molecule has 0 saturated carbocycles. The van der Waals surface area contributed by atoms with Crippen molar-refractivity contribution in [1.82, 2.24) is 9.99 Å². The number of aromatic hydroxyl groups is 1. The molecule has 8 nitrogen and oxygen atoms in total. The van der Waals surface area contributed by atoms with Crippen molar-refractivity contribution >= 4 is 17.8 Å². The number of hydrogen-bond acceptors (Lipinski definition) is 5. The monoisotopic (exact) mass is 378 g/mol. The van der Waals surface area contributed by atoms with E-state index in [9.17, 15) is 20.0 Å². The first-order valence-electron chi connectivity index (χ1n) is 8.43. The number of hydrazone groups is 1. The first-order chi connectivity index (χ1) is 13.4. The van der Waals surface area contributed by atoms with Crippen molar-refractivity contribution in [3.8, 4) is 11.4 Å². The Morgan fingerprint density at radius 2 is 1.89 bits per heavy atom. The molecule has 1 heterocycles. The summed E-state index contributed by atoms with van der Waals surface area (Å²) in [6, 6.07) is 14.1. The van der Waals surface area contributed by atoms with Crippen molar-refractivity contribution in [3.05, 3.63) is 87.2 Å². The lowest BCUT2D eigenvalue weighted by atomic mass is 10.2. The average molecular weight is 378 g/mol. The molecule has 0 aliphatic heterocycles. The minimum atomic E-state index is -0.432. The number of benzene rings is 2. The quantitative estimate of drug-likeness (QED) is 0.402. The van der Waals surface area contributed by atoms with Gasteiger partial charge in [-0.25, -0.2) is 5.43 Å². The Bertz CT molecular complexity index is 1070. The summed E-state index contributed by atoms with van der Waals surface area (Å²) < 4.78 is 1.89. The van der Waals surface area contributed by atoms with Crippen LogP contribution in [0.3, 0.4) is 0 Å². The second-order valence-electron chi connectivity index (χ2n) is 6.18. The molecule has 1 amide bonds. The zero-order chi connectivity index (χ0) is 20.3. The maximum atomic E-state index is 12.1. The molecule has 0 aliphatic carbocycles. The van der Waals surface area contributed by atoms with Gasteiger partial charge in [0.25, 0.3) is 11.6 Å². The molecule has 3 aromatic rings. The molecule has 0 unspecified atom stereocenters.